The highest BCUT2D eigenvalue weighted by molar-refractivity contribution is 6.01. The first kappa shape index (κ1) is 26.9. The van der Waals surface area contributed by atoms with Crippen LogP contribution in [0.2, 0.25) is 0 Å². The molecule has 0 fully saturated rings. The third-order valence-corrected chi connectivity index (χ3v) is 6.02. The second-order valence-corrected chi connectivity index (χ2v) is 10.3. The van der Waals surface area contributed by atoms with Crippen LogP contribution in [0.1, 0.15) is 81.8 Å². The van der Waals surface area contributed by atoms with E-state index < -0.39 is 10.9 Å². The Kier molecular flexibility index (Phi) is 8.45. The summed E-state index contributed by atoms with van der Waals surface area (Å²) in [7, 11) is 0. The van der Waals surface area contributed by atoms with E-state index in [1.54, 1.807) is 6.07 Å². The highest BCUT2D eigenvalue weighted by atomic mass is 16.3. The van der Waals surface area contributed by atoms with E-state index in [2.05, 4.69) is 10.6 Å². The van der Waals surface area contributed by atoms with Gasteiger partial charge in [-0.05, 0) is 36.0 Å². The van der Waals surface area contributed by atoms with Gasteiger partial charge in [-0.25, -0.2) is 0 Å². The van der Waals surface area contributed by atoms with E-state index in [1.807, 2.05) is 58.0 Å². The lowest BCUT2D eigenvalue weighted by molar-refractivity contribution is -0.120. The van der Waals surface area contributed by atoms with E-state index in [9.17, 15) is 24.3 Å². The van der Waals surface area contributed by atoms with Gasteiger partial charge in [0.25, 0.3) is 10.9 Å². The molecule has 190 valence electrons. The largest absolute Gasteiger partial charge is 0.505 e. The van der Waals surface area contributed by atoms with Crippen molar-refractivity contribution in [2.45, 2.75) is 65.8 Å². The van der Waals surface area contributed by atoms with E-state index in [0.29, 0.717) is 25.7 Å². The minimum absolute atomic E-state index is 0.0575. The van der Waals surface area contributed by atoms with Gasteiger partial charge in [-0.1, -0.05) is 64.1 Å². The van der Waals surface area contributed by atoms with Gasteiger partial charge in [0.2, 0.25) is 0 Å². The van der Waals surface area contributed by atoms with Crippen LogP contribution < -0.4 is 21.5 Å². The van der Waals surface area contributed by atoms with Crippen molar-refractivity contribution >= 4 is 28.6 Å². The van der Waals surface area contributed by atoms with Crippen molar-refractivity contribution in [3.05, 3.63) is 80.1 Å². The maximum atomic E-state index is 12.7. The number of nitrogens with one attached hydrogen (secondary N) is 2. The zero-order chi connectivity index (χ0) is 26.5. The second kappa shape index (κ2) is 11.3. The topological polar surface area (TPSA) is 113 Å². The highest BCUT2D eigenvalue weighted by Gasteiger charge is 2.25. The maximum absolute atomic E-state index is 12.7. The molecule has 3 aromatic carbocycles. The number of phenolic OH excluding ortho intramolecular Hbond substituents is 1. The quantitative estimate of drug-likeness (QED) is 0.171. The number of para-hydroxylation sites is 1. The summed E-state index contributed by atoms with van der Waals surface area (Å²) in [6.45, 7) is 7.95. The monoisotopic (exact) mass is 490 g/mol. The summed E-state index contributed by atoms with van der Waals surface area (Å²) >= 11 is 0. The Morgan fingerprint density at radius 1 is 0.917 bits per heavy atom. The Labute approximate surface area is 211 Å². The van der Waals surface area contributed by atoms with E-state index in [1.165, 1.54) is 12.1 Å². The van der Waals surface area contributed by atoms with Crippen LogP contribution in [0.3, 0.4) is 0 Å². The third kappa shape index (κ3) is 6.47. The molecule has 1 atom stereocenters. The Balaban J connectivity index is 1.71. The van der Waals surface area contributed by atoms with Gasteiger partial charge in [0, 0.05) is 19.3 Å². The van der Waals surface area contributed by atoms with Crippen LogP contribution in [-0.2, 0) is 4.79 Å². The fraction of sp³-hybridized carbons (Fsp3) is 0.379. The van der Waals surface area contributed by atoms with Gasteiger partial charge in [-0.2, -0.15) is 0 Å². The van der Waals surface area contributed by atoms with Crippen LogP contribution >= 0.6 is 0 Å². The van der Waals surface area contributed by atoms with E-state index in [-0.39, 0.29) is 57.8 Å². The first-order valence-corrected chi connectivity index (χ1v) is 12.3. The van der Waals surface area contributed by atoms with Crippen molar-refractivity contribution < 1.29 is 14.7 Å². The molecule has 0 saturated carbocycles. The molecule has 0 aliphatic rings. The van der Waals surface area contributed by atoms with Gasteiger partial charge in [-0.15, -0.1) is 0 Å². The van der Waals surface area contributed by atoms with Crippen LogP contribution in [0.5, 0.6) is 5.75 Å². The summed E-state index contributed by atoms with van der Waals surface area (Å²) in [4.78, 5) is 49.5. The molecule has 0 spiro atoms. The molecule has 0 saturated heterocycles. The van der Waals surface area contributed by atoms with Crippen LogP contribution in [0.25, 0.3) is 0 Å². The number of ketones is 2. The van der Waals surface area contributed by atoms with E-state index in [0.717, 1.165) is 5.56 Å². The Morgan fingerprint density at radius 2 is 1.58 bits per heavy atom. The fourth-order valence-electron chi connectivity index (χ4n) is 4.19. The van der Waals surface area contributed by atoms with Gasteiger partial charge >= 0.3 is 0 Å². The van der Waals surface area contributed by atoms with Gasteiger partial charge in [0.1, 0.15) is 22.9 Å². The predicted octanol–water partition coefficient (Wildman–Crippen LogP) is 5.65. The normalized spacial score (nSPS) is 12.3. The fourth-order valence-corrected chi connectivity index (χ4v) is 4.19. The summed E-state index contributed by atoms with van der Waals surface area (Å²) in [5, 5.41) is 16.7. The van der Waals surface area contributed by atoms with Gasteiger partial charge < -0.3 is 15.7 Å². The molecule has 0 bridgehead atoms. The molecule has 0 heterocycles. The predicted molar refractivity (Wildman–Crippen MR) is 143 cm³/mol. The highest BCUT2D eigenvalue weighted by Crippen LogP contribution is 2.33. The lowest BCUT2D eigenvalue weighted by atomic mass is 9.88. The van der Waals surface area contributed by atoms with Crippen LogP contribution in [0, 0.1) is 5.41 Å². The van der Waals surface area contributed by atoms with E-state index in [4.69, 9.17) is 0 Å². The molecular weight excluding hydrogens is 456 g/mol. The summed E-state index contributed by atoms with van der Waals surface area (Å²) in [6, 6.07) is 14.1. The van der Waals surface area contributed by atoms with Crippen LogP contribution in [0.4, 0.5) is 17.1 Å². The number of carbonyl (C=O) groups is 2. The van der Waals surface area contributed by atoms with Crippen molar-refractivity contribution in [3.8, 4) is 5.75 Å². The molecule has 36 heavy (non-hydrogen) atoms. The summed E-state index contributed by atoms with van der Waals surface area (Å²) in [6.07, 6.45) is 1.97. The molecule has 0 unspecified atom stereocenters. The molecule has 0 aliphatic heterocycles. The van der Waals surface area contributed by atoms with Crippen molar-refractivity contribution in [1.82, 2.24) is 0 Å². The average Bonchev–Trinajstić information content (AvgIpc) is 2.83. The number of phenols is 1. The van der Waals surface area contributed by atoms with Crippen molar-refractivity contribution in [2.24, 2.45) is 5.41 Å². The molecule has 3 N–H and O–H groups in total. The number of carbonyl (C=O) groups excluding carboxylic acids is 2. The molecule has 3 rings (SSSR count). The summed E-state index contributed by atoms with van der Waals surface area (Å²) in [5.41, 5.74) is 0.0502. The van der Waals surface area contributed by atoms with Crippen LogP contribution in [-0.4, -0.2) is 16.7 Å². The minimum Gasteiger partial charge on any atom is -0.505 e. The molecule has 0 aromatic heterocycles. The SMILES string of the molecule is CC[C@@H](Nc1c(Nc2cccc(C(=O)CCCC(=O)CC(C)(C)C)c2O)c(=O)c1=O)c1ccccc1. The standard InChI is InChI=1S/C29H34N2O5/c1-5-21(18-11-7-6-8-12-18)30-24-25(28(36)27(24)35)31-22-15-10-14-20(26(22)34)23(33)16-9-13-19(32)17-29(2,3)4/h6-8,10-12,14-15,21,30-31,34H,5,9,13,16-17H2,1-4H3/t21-/m1/s1. The summed E-state index contributed by atoms with van der Waals surface area (Å²) in [5.74, 6) is -0.480. The molecular formula is C29H34N2O5. The molecule has 0 amide bonds. The molecule has 0 radical (unpaired) electrons. The van der Waals surface area contributed by atoms with Gasteiger partial charge in [0.15, 0.2) is 5.78 Å². The molecule has 7 heteroatoms. The van der Waals surface area contributed by atoms with Crippen molar-refractivity contribution in [1.29, 1.82) is 0 Å². The van der Waals surface area contributed by atoms with Gasteiger partial charge in [0.05, 0.1) is 17.3 Å². The first-order valence-electron chi connectivity index (χ1n) is 12.3. The smallest absolute Gasteiger partial charge is 0.253 e. The Morgan fingerprint density at radius 3 is 2.22 bits per heavy atom. The number of anilines is 3. The van der Waals surface area contributed by atoms with Crippen LogP contribution in [0.15, 0.2) is 58.1 Å². The maximum Gasteiger partial charge on any atom is 0.253 e. The first-order chi connectivity index (χ1) is 17.0. The second-order valence-electron chi connectivity index (χ2n) is 10.3. The molecule has 3 aromatic rings. The Hall–Kier alpha value is -3.74. The number of benzene rings is 2. The van der Waals surface area contributed by atoms with Crippen molar-refractivity contribution in [3.63, 3.8) is 0 Å². The minimum atomic E-state index is -0.686. The summed E-state index contributed by atoms with van der Waals surface area (Å²) < 4.78 is 0. The molecule has 7 nitrogen and oxygen atoms in total. The zero-order valence-electron chi connectivity index (χ0n) is 21.3. The Bertz CT molecular complexity index is 1300. The van der Waals surface area contributed by atoms with Crippen molar-refractivity contribution in [2.75, 3.05) is 10.6 Å². The number of Topliss-reactive ketones (excluding diaryl/α,β-unsaturated/α-hetero) is 2. The third-order valence-electron chi connectivity index (χ3n) is 6.02. The number of rotatable bonds is 12. The number of hydrogen-bond acceptors (Lipinski definition) is 7. The lowest BCUT2D eigenvalue weighted by Gasteiger charge is -2.22. The number of hydrogen-bond donors (Lipinski definition) is 3. The van der Waals surface area contributed by atoms with Gasteiger partial charge in [-0.3, -0.25) is 19.2 Å². The average molecular weight is 491 g/mol. The van der Waals surface area contributed by atoms with E-state index >= 15 is 0 Å². The zero-order valence-corrected chi connectivity index (χ0v) is 21.3. The number of aromatic hydroxyl groups is 1. The molecule has 0 aliphatic carbocycles. The lowest BCUT2D eigenvalue weighted by Crippen LogP contribution is -2.37.